The van der Waals surface area contributed by atoms with Crippen molar-refractivity contribution in [1.29, 1.82) is 0 Å². The third-order valence-corrected chi connectivity index (χ3v) is 12.6. The second-order valence-electron chi connectivity index (χ2n) is 16.1. The summed E-state index contributed by atoms with van der Waals surface area (Å²) in [5.74, 6) is 0. The van der Waals surface area contributed by atoms with Crippen molar-refractivity contribution in [2.45, 2.75) is 0 Å². The fourth-order valence-corrected chi connectivity index (χ4v) is 9.60. The van der Waals surface area contributed by atoms with Gasteiger partial charge in [-0.25, -0.2) is 0 Å². The van der Waals surface area contributed by atoms with Gasteiger partial charge in [-0.1, -0.05) is 152 Å². The van der Waals surface area contributed by atoms with Gasteiger partial charge in [-0.05, 0) is 97.7 Å². The second-order valence-corrected chi connectivity index (χ2v) is 16.1. The van der Waals surface area contributed by atoms with Crippen molar-refractivity contribution < 1.29 is 8.83 Å². The molecule has 0 aliphatic carbocycles. The molecule has 0 amide bonds. The fourth-order valence-electron chi connectivity index (χ4n) is 9.60. The van der Waals surface area contributed by atoms with Crippen molar-refractivity contribution in [2.75, 3.05) is 0 Å². The molecule has 3 heterocycles. The molecule has 0 saturated carbocycles. The Hall–Kier alpha value is -8.34. The molecule has 0 fully saturated rings. The molecule has 0 radical (unpaired) electrons. The van der Waals surface area contributed by atoms with E-state index in [1.54, 1.807) is 12.4 Å². The zero-order valence-corrected chi connectivity index (χ0v) is 33.3. The first-order valence-electron chi connectivity index (χ1n) is 20.9. The number of furan rings is 2. The number of aromatic nitrogens is 2. The smallest absolute Gasteiger partial charge is 0.143 e. The topological polar surface area (TPSA) is 52.1 Å². The Bertz CT molecular complexity index is 3950. The van der Waals surface area contributed by atoms with E-state index in [1.807, 2.05) is 24.3 Å². The lowest BCUT2D eigenvalue weighted by molar-refractivity contribution is 0.669. The Morgan fingerprint density at radius 2 is 0.629 bits per heavy atom. The molecule has 13 rings (SSSR count). The average molecular weight is 791 g/mol. The Kier molecular flexibility index (Phi) is 7.57. The van der Waals surface area contributed by atoms with Crippen LogP contribution in [0.2, 0.25) is 0 Å². The minimum atomic E-state index is 0.899. The zero-order chi connectivity index (χ0) is 40.7. The molecule has 0 bridgehead atoms. The minimum Gasteiger partial charge on any atom is -0.455 e. The number of nitrogens with zero attached hydrogens (tertiary/aromatic N) is 2. The van der Waals surface area contributed by atoms with Gasteiger partial charge in [0.05, 0.1) is 11.0 Å². The van der Waals surface area contributed by atoms with E-state index in [9.17, 15) is 0 Å². The van der Waals surface area contributed by atoms with Crippen molar-refractivity contribution in [2.24, 2.45) is 0 Å². The molecule has 0 aliphatic heterocycles. The van der Waals surface area contributed by atoms with E-state index in [1.165, 1.54) is 0 Å². The highest BCUT2D eigenvalue weighted by molar-refractivity contribution is 6.24. The molecular formula is C58H34N2O2. The van der Waals surface area contributed by atoms with Gasteiger partial charge in [0.1, 0.15) is 22.3 Å². The highest BCUT2D eigenvalue weighted by Gasteiger charge is 2.17. The summed E-state index contributed by atoms with van der Waals surface area (Å²) in [6.07, 6.45) is 3.58. The molecule has 0 aliphatic rings. The van der Waals surface area contributed by atoms with Crippen LogP contribution in [0.4, 0.5) is 0 Å². The van der Waals surface area contributed by atoms with Gasteiger partial charge in [0.2, 0.25) is 0 Å². The quantitative estimate of drug-likeness (QED) is 0.163. The van der Waals surface area contributed by atoms with Gasteiger partial charge in [-0.15, -0.1) is 0 Å². The van der Waals surface area contributed by atoms with E-state index in [2.05, 4.69) is 170 Å². The normalized spacial score (nSPS) is 11.9. The number of benzene rings is 10. The summed E-state index contributed by atoms with van der Waals surface area (Å²) in [4.78, 5) is 9.73. The minimum absolute atomic E-state index is 0.899. The van der Waals surface area contributed by atoms with Crippen LogP contribution >= 0.6 is 0 Å². The van der Waals surface area contributed by atoms with Crippen LogP contribution in [-0.2, 0) is 0 Å². The molecule has 0 atom stereocenters. The second kappa shape index (κ2) is 13.6. The maximum absolute atomic E-state index is 6.44. The molecular weight excluding hydrogens is 757 g/mol. The van der Waals surface area contributed by atoms with Crippen LogP contribution in [0.5, 0.6) is 0 Å². The molecule has 4 heteroatoms. The standard InChI is InChI=1S/C58H34N2O2/c1-3-22-53-45(16-1)49-20-8-18-43(57(49)61-53)41-14-6-12-37(31-41)35-10-5-11-36(30-35)39-24-26-47-51(33-39)52-34-40(25-27-48(52)56-55(47)59-28-29-60-56)38-13-7-15-42(32-38)44-19-9-21-50-46-17-2-4-23-54(46)62-58(44)50/h1-34H. The maximum atomic E-state index is 6.44. The van der Waals surface area contributed by atoms with Crippen LogP contribution in [0.15, 0.2) is 215 Å². The number of hydrogen-bond donors (Lipinski definition) is 0. The van der Waals surface area contributed by atoms with Crippen LogP contribution in [0.1, 0.15) is 0 Å². The molecule has 62 heavy (non-hydrogen) atoms. The first-order valence-corrected chi connectivity index (χ1v) is 20.9. The number of hydrogen-bond acceptors (Lipinski definition) is 4. The lowest BCUT2D eigenvalue weighted by Crippen LogP contribution is -1.90. The van der Waals surface area contributed by atoms with Crippen LogP contribution in [-0.4, -0.2) is 9.97 Å². The molecule has 13 aromatic rings. The van der Waals surface area contributed by atoms with E-state index < -0.39 is 0 Å². The van der Waals surface area contributed by atoms with Crippen LogP contribution in [0.25, 0.3) is 132 Å². The van der Waals surface area contributed by atoms with Gasteiger partial charge in [0, 0.05) is 55.8 Å². The van der Waals surface area contributed by atoms with Crippen molar-refractivity contribution >= 4 is 76.5 Å². The number of rotatable bonds is 5. The van der Waals surface area contributed by atoms with Gasteiger partial charge < -0.3 is 8.83 Å². The average Bonchev–Trinajstić information content (AvgIpc) is 3.93. The molecule has 288 valence electrons. The summed E-state index contributed by atoms with van der Waals surface area (Å²) in [5.41, 5.74) is 16.7. The first-order chi connectivity index (χ1) is 30.7. The van der Waals surface area contributed by atoms with Crippen molar-refractivity contribution in [3.63, 3.8) is 0 Å². The monoisotopic (exact) mass is 790 g/mol. The summed E-state index contributed by atoms with van der Waals surface area (Å²) in [6.45, 7) is 0. The van der Waals surface area contributed by atoms with Crippen molar-refractivity contribution in [3.05, 3.63) is 207 Å². The zero-order valence-electron chi connectivity index (χ0n) is 33.3. The molecule has 3 aromatic heterocycles. The predicted molar refractivity (Wildman–Crippen MR) is 256 cm³/mol. The van der Waals surface area contributed by atoms with Crippen molar-refractivity contribution in [3.8, 4) is 55.6 Å². The number of fused-ring (bicyclic) bond motifs is 12. The predicted octanol–water partition coefficient (Wildman–Crippen LogP) is 16.1. The highest BCUT2D eigenvalue weighted by Crippen LogP contribution is 2.41. The van der Waals surface area contributed by atoms with Crippen molar-refractivity contribution in [1.82, 2.24) is 9.97 Å². The van der Waals surface area contributed by atoms with Gasteiger partial charge >= 0.3 is 0 Å². The Morgan fingerprint density at radius 3 is 1.10 bits per heavy atom. The van der Waals surface area contributed by atoms with E-state index in [0.29, 0.717) is 0 Å². The Morgan fingerprint density at radius 1 is 0.258 bits per heavy atom. The van der Waals surface area contributed by atoms with E-state index in [-0.39, 0.29) is 0 Å². The summed E-state index contributed by atoms with van der Waals surface area (Å²) in [6, 6.07) is 69.2. The lowest BCUT2D eigenvalue weighted by atomic mass is 9.91. The highest BCUT2D eigenvalue weighted by atomic mass is 16.3. The van der Waals surface area contributed by atoms with Crippen LogP contribution < -0.4 is 0 Å². The van der Waals surface area contributed by atoms with Gasteiger partial charge in [-0.2, -0.15) is 0 Å². The molecule has 0 saturated heterocycles. The van der Waals surface area contributed by atoms with E-state index in [4.69, 9.17) is 18.8 Å². The third-order valence-electron chi connectivity index (χ3n) is 12.6. The molecule has 0 unspecified atom stereocenters. The fraction of sp³-hybridized carbons (Fsp3) is 0. The van der Waals surface area contributed by atoms with Crippen LogP contribution in [0.3, 0.4) is 0 Å². The van der Waals surface area contributed by atoms with E-state index in [0.717, 1.165) is 132 Å². The maximum Gasteiger partial charge on any atom is 0.143 e. The Balaban J connectivity index is 0.919. The molecule has 10 aromatic carbocycles. The molecule has 0 N–H and O–H groups in total. The summed E-state index contributed by atoms with van der Waals surface area (Å²) in [7, 11) is 0. The summed E-state index contributed by atoms with van der Waals surface area (Å²) >= 11 is 0. The molecule has 0 spiro atoms. The third kappa shape index (κ3) is 5.40. The largest absolute Gasteiger partial charge is 0.455 e. The van der Waals surface area contributed by atoms with Crippen LogP contribution in [0, 0.1) is 0 Å². The number of para-hydroxylation sites is 4. The first kappa shape index (κ1) is 34.5. The lowest BCUT2D eigenvalue weighted by Gasteiger charge is -2.13. The molecule has 4 nitrogen and oxygen atoms in total. The van der Waals surface area contributed by atoms with E-state index >= 15 is 0 Å². The summed E-state index contributed by atoms with van der Waals surface area (Å²) < 4.78 is 12.9. The van der Waals surface area contributed by atoms with Gasteiger partial charge in [0.15, 0.2) is 0 Å². The van der Waals surface area contributed by atoms with Gasteiger partial charge in [-0.3, -0.25) is 9.97 Å². The SMILES string of the molecule is c1cc(-c2cccc(-c3cccc4c3oc3ccccc34)c2)cc(-c2ccc3c(c2)c2cc(-c4cccc(-c5cccc6c5oc5ccccc56)c4)ccc2c2nccnc32)c1. The Labute approximate surface area is 356 Å². The van der Waals surface area contributed by atoms with Gasteiger partial charge in [0.25, 0.3) is 0 Å². The summed E-state index contributed by atoms with van der Waals surface area (Å²) in [5, 5.41) is 8.96.